The Morgan fingerprint density at radius 2 is 2.12 bits per heavy atom. The van der Waals surface area contributed by atoms with E-state index in [-0.39, 0.29) is 0 Å². The van der Waals surface area contributed by atoms with Gasteiger partial charge in [0.05, 0.1) is 18.2 Å². The molecule has 2 N–H and O–H groups in total. The topological polar surface area (TPSA) is 43.8 Å². The number of hydrogen-bond donors (Lipinski definition) is 1. The van der Waals surface area contributed by atoms with Gasteiger partial charge in [0.1, 0.15) is 0 Å². The van der Waals surface area contributed by atoms with Crippen molar-refractivity contribution in [1.82, 2.24) is 9.55 Å². The van der Waals surface area contributed by atoms with Gasteiger partial charge >= 0.3 is 0 Å². The van der Waals surface area contributed by atoms with Gasteiger partial charge in [-0.15, -0.1) is 0 Å². The van der Waals surface area contributed by atoms with Crippen LogP contribution in [-0.2, 0) is 6.54 Å². The number of halogens is 1. The first-order chi connectivity index (χ1) is 7.83. The average molecular weight is 280 g/mol. The zero-order valence-corrected chi connectivity index (χ0v) is 10.5. The van der Waals surface area contributed by atoms with Gasteiger partial charge in [0.2, 0.25) is 0 Å². The van der Waals surface area contributed by atoms with Crippen molar-refractivity contribution in [1.29, 1.82) is 0 Å². The number of rotatable bonds is 4. The number of aryl methyl sites for hydroxylation is 1. The lowest BCUT2D eigenvalue weighted by atomic mass is 10.1. The normalized spacial score (nSPS) is 10.6. The van der Waals surface area contributed by atoms with Crippen molar-refractivity contribution >= 4 is 15.9 Å². The molecule has 0 saturated carbocycles. The molecule has 4 heteroatoms. The minimum Gasteiger partial charge on any atom is -0.331 e. The second kappa shape index (κ2) is 5.27. The molecule has 0 atom stereocenters. The Kier molecular flexibility index (Phi) is 3.74. The highest BCUT2D eigenvalue weighted by Crippen LogP contribution is 2.27. The summed E-state index contributed by atoms with van der Waals surface area (Å²) in [5, 5.41) is 0. The van der Waals surface area contributed by atoms with Crippen LogP contribution in [0.4, 0.5) is 0 Å². The number of benzene rings is 1. The number of nitrogens with two attached hydrogens (primary N) is 1. The Labute approximate surface area is 103 Å². The maximum Gasteiger partial charge on any atom is 0.0950 e. The molecule has 2 aromatic rings. The van der Waals surface area contributed by atoms with Crippen LogP contribution in [0.2, 0.25) is 0 Å². The molecule has 0 unspecified atom stereocenters. The van der Waals surface area contributed by atoms with Crippen LogP contribution in [0, 0.1) is 0 Å². The molecule has 16 heavy (non-hydrogen) atoms. The van der Waals surface area contributed by atoms with Gasteiger partial charge in [0.15, 0.2) is 0 Å². The third-order valence-corrected chi connectivity index (χ3v) is 3.16. The fourth-order valence-corrected chi connectivity index (χ4v) is 2.14. The average Bonchev–Trinajstić information content (AvgIpc) is 2.75. The Hall–Kier alpha value is -1.13. The highest BCUT2D eigenvalue weighted by atomic mass is 79.9. The van der Waals surface area contributed by atoms with Crippen molar-refractivity contribution < 1.29 is 0 Å². The van der Waals surface area contributed by atoms with Gasteiger partial charge in [-0.05, 0) is 19.0 Å². The molecule has 0 aliphatic rings. The van der Waals surface area contributed by atoms with Crippen LogP contribution in [0.15, 0.2) is 41.3 Å². The Balaban J connectivity index is 2.33. The Bertz CT molecular complexity index is 465. The summed E-state index contributed by atoms with van der Waals surface area (Å²) in [6.45, 7) is 1.61. The Morgan fingerprint density at radius 1 is 1.31 bits per heavy atom. The molecular formula is C12H14BrN3. The smallest absolute Gasteiger partial charge is 0.0950 e. The van der Waals surface area contributed by atoms with E-state index in [4.69, 9.17) is 5.73 Å². The minimum absolute atomic E-state index is 0.702. The van der Waals surface area contributed by atoms with E-state index >= 15 is 0 Å². The van der Waals surface area contributed by atoms with Gasteiger partial charge in [0.25, 0.3) is 0 Å². The maximum atomic E-state index is 5.52. The quantitative estimate of drug-likeness (QED) is 0.935. The fourth-order valence-electron chi connectivity index (χ4n) is 1.65. The van der Waals surface area contributed by atoms with Crippen molar-refractivity contribution in [2.45, 2.75) is 13.0 Å². The first-order valence-electron chi connectivity index (χ1n) is 5.28. The fraction of sp³-hybridized carbons (Fsp3) is 0.250. The van der Waals surface area contributed by atoms with Crippen LogP contribution >= 0.6 is 15.9 Å². The van der Waals surface area contributed by atoms with Gasteiger partial charge in [-0.2, -0.15) is 0 Å². The zero-order chi connectivity index (χ0) is 11.4. The van der Waals surface area contributed by atoms with Crippen molar-refractivity contribution in [2.75, 3.05) is 6.54 Å². The summed E-state index contributed by atoms with van der Waals surface area (Å²) in [7, 11) is 0. The standard InChI is InChI=1S/C12H14BrN3/c13-11-5-2-1-4-10(11)12-8-15-9-16(12)7-3-6-14/h1-2,4-5,8-9H,3,6-7,14H2. The number of imidazole rings is 1. The summed E-state index contributed by atoms with van der Waals surface area (Å²) in [5.41, 5.74) is 7.81. The molecule has 1 heterocycles. The molecule has 0 radical (unpaired) electrons. The lowest BCUT2D eigenvalue weighted by Gasteiger charge is -2.08. The summed E-state index contributed by atoms with van der Waals surface area (Å²) in [6, 6.07) is 8.16. The molecule has 2 rings (SSSR count). The largest absolute Gasteiger partial charge is 0.331 e. The monoisotopic (exact) mass is 279 g/mol. The number of aromatic nitrogens is 2. The summed E-state index contributed by atoms with van der Waals surface area (Å²) in [5.74, 6) is 0. The van der Waals surface area contributed by atoms with E-state index in [2.05, 4.69) is 31.5 Å². The van der Waals surface area contributed by atoms with E-state index in [9.17, 15) is 0 Å². The third-order valence-electron chi connectivity index (χ3n) is 2.47. The van der Waals surface area contributed by atoms with Crippen molar-refractivity contribution in [3.05, 3.63) is 41.3 Å². The first kappa shape index (κ1) is 11.4. The van der Waals surface area contributed by atoms with Crippen molar-refractivity contribution in [2.24, 2.45) is 5.73 Å². The molecular weight excluding hydrogens is 266 g/mol. The highest BCUT2D eigenvalue weighted by molar-refractivity contribution is 9.10. The van der Waals surface area contributed by atoms with E-state index in [1.807, 2.05) is 30.7 Å². The van der Waals surface area contributed by atoms with Crippen molar-refractivity contribution in [3.63, 3.8) is 0 Å². The lowest BCUT2D eigenvalue weighted by Crippen LogP contribution is -2.06. The summed E-state index contributed by atoms with van der Waals surface area (Å²) in [6.07, 6.45) is 4.70. The first-order valence-corrected chi connectivity index (χ1v) is 6.07. The predicted molar refractivity (Wildman–Crippen MR) is 69.0 cm³/mol. The molecule has 0 saturated heterocycles. The van der Waals surface area contributed by atoms with Gasteiger partial charge < -0.3 is 10.3 Å². The Morgan fingerprint density at radius 3 is 2.88 bits per heavy atom. The predicted octanol–water partition coefficient (Wildman–Crippen LogP) is 2.66. The minimum atomic E-state index is 0.702. The molecule has 3 nitrogen and oxygen atoms in total. The molecule has 0 spiro atoms. The molecule has 0 bridgehead atoms. The van der Waals surface area contributed by atoms with Gasteiger partial charge in [-0.1, -0.05) is 34.1 Å². The molecule has 0 amide bonds. The van der Waals surface area contributed by atoms with Crippen molar-refractivity contribution in [3.8, 4) is 11.3 Å². The SMILES string of the molecule is NCCCn1cncc1-c1ccccc1Br. The second-order valence-corrected chi connectivity index (χ2v) is 4.45. The second-order valence-electron chi connectivity index (χ2n) is 3.59. The third kappa shape index (κ3) is 2.33. The van der Waals surface area contributed by atoms with Gasteiger partial charge in [0, 0.05) is 16.6 Å². The van der Waals surface area contributed by atoms with Crippen LogP contribution in [0.5, 0.6) is 0 Å². The molecule has 1 aromatic carbocycles. The molecule has 84 valence electrons. The van der Waals surface area contributed by atoms with Crippen LogP contribution in [0.25, 0.3) is 11.3 Å². The van der Waals surface area contributed by atoms with E-state index < -0.39 is 0 Å². The molecule has 0 fully saturated rings. The lowest BCUT2D eigenvalue weighted by molar-refractivity contribution is 0.655. The number of nitrogens with zero attached hydrogens (tertiary/aromatic N) is 2. The zero-order valence-electron chi connectivity index (χ0n) is 8.94. The number of hydrogen-bond acceptors (Lipinski definition) is 2. The van der Waals surface area contributed by atoms with E-state index in [1.165, 1.54) is 0 Å². The van der Waals surface area contributed by atoms with Gasteiger partial charge in [-0.3, -0.25) is 0 Å². The van der Waals surface area contributed by atoms with Crippen LogP contribution in [0.1, 0.15) is 6.42 Å². The molecule has 1 aromatic heterocycles. The van der Waals surface area contributed by atoms with E-state index in [1.54, 1.807) is 0 Å². The van der Waals surface area contributed by atoms with Crippen LogP contribution < -0.4 is 5.73 Å². The summed E-state index contributed by atoms with van der Waals surface area (Å²) < 4.78 is 3.22. The highest BCUT2D eigenvalue weighted by Gasteiger charge is 2.07. The molecule has 0 aliphatic carbocycles. The van der Waals surface area contributed by atoms with E-state index in [0.717, 1.165) is 28.7 Å². The maximum absolute atomic E-state index is 5.52. The van der Waals surface area contributed by atoms with Crippen LogP contribution in [-0.4, -0.2) is 16.1 Å². The van der Waals surface area contributed by atoms with Gasteiger partial charge in [-0.25, -0.2) is 4.98 Å². The molecule has 0 aliphatic heterocycles. The summed E-state index contributed by atoms with van der Waals surface area (Å²) >= 11 is 3.55. The summed E-state index contributed by atoms with van der Waals surface area (Å²) in [4.78, 5) is 4.19. The van der Waals surface area contributed by atoms with E-state index in [0.29, 0.717) is 6.54 Å². The van der Waals surface area contributed by atoms with Crippen LogP contribution in [0.3, 0.4) is 0 Å².